The first kappa shape index (κ1) is 16.3. The lowest BCUT2D eigenvalue weighted by Crippen LogP contribution is -2.28. The molecule has 1 fully saturated rings. The fourth-order valence-electron chi connectivity index (χ4n) is 3.16. The predicted octanol–water partition coefficient (Wildman–Crippen LogP) is 3.37. The molecule has 0 bridgehead atoms. The van der Waals surface area contributed by atoms with E-state index < -0.39 is 0 Å². The van der Waals surface area contributed by atoms with Crippen LogP contribution in [0.4, 0.5) is 0 Å². The number of ether oxygens (including phenoxy) is 1. The smallest absolute Gasteiger partial charge is 0.253 e. The largest absolute Gasteiger partial charge is 0.497 e. The van der Waals surface area contributed by atoms with Crippen LogP contribution in [0.3, 0.4) is 0 Å². The Morgan fingerprint density at radius 3 is 2.62 bits per heavy atom. The van der Waals surface area contributed by atoms with E-state index in [4.69, 9.17) is 9.15 Å². The zero-order chi connectivity index (χ0) is 17.9. The van der Waals surface area contributed by atoms with Crippen molar-refractivity contribution in [2.45, 2.75) is 12.3 Å². The number of methoxy groups -OCH3 is 1. The highest BCUT2D eigenvalue weighted by Gasteiger charge is 2.31. The molecule has 0 spiro atoms. The van der Waals surface area contributed by atoms with Gasteiger partial charge in [-0.2, -0.15) is 0 Å². The molecule has 1 amide bonds. The Morgan fingerprint density at radius 2 is 1.88 bits per heavy atom. The molecule has 1 atom stereocenters. The van der Waals surface area contributed by atoms with Gasteiger partial charge in [-0.15, -0.1) is 10.2 Å². The summed E-state index contributed by atoms with van der Waals surface area (Å²) in [7, 11) is 1.61. The lowest BCUT2D eigenvalue weighted by atomic mass is 10.1. The van der Waals surface area contributed by atoms with Crippen LogP contribution < -0.4 is 4.74 Å². The van der Waals surface area contributed by atoms with Gasteiger partial charge in [0.05, 0.1) is 13.0 Å². The first-order valence-electron chi connectivity index (χ1n) is 8.57. The molecule has 0 saturated carbocycles. The Morgan fingerprint density at radius 1 is 1.12 bits per heavy atom. The molecule has 132 valence electrons. The lowest BCUT2D eigenvalue weighted by molar-refractivity contribution is 0.0790. The van der Waals surface area contributed by atoms with Crippen molar-refractivity contribution in [3.8, 4) is 17.2 Å². The van der Waals surface area contributed by atoms with Crippen molar-refractivity contribution in [3.63, 3.8) is 0 Å². The van der Waals surface area contributed by atoms with Crippen molar-refractivity contribution in [1.82, 2.24) is 15.1 Å². The molecule has 1 unspecified atom stereocenters. The lowest BCUT2D eigenvalue weighted by Gasteiger charge is -2.16. The van der Waals surface area contributed by atoms with E-state index >= 15 is 0 Å². The Bertz CT molecular complexity index is 890. The summed E-state index contributed by atoms with van der Waals surface area (Å²) in [6, 6.07) is 16.9. The topological polar surface area (TPSA) is 68.5 Å². The van der Waals surface area contributed by atoms with Crippen LogP contribution in [0, 0.1) is 0 Å². The summed E-state index contributed by atoms with van der Waals surface area (Å²) < 4.78 is 11.0. The highest BCUT2D eigenvalue weighted by Crippen LogP contribution is 2.29. The molecular weight excluding hydrogens is 330 g/mol. The number of carbonyl (C=O) groups excluding carboxylic acids is 1. The molecule has 4 rings (SSSR count). The van der Waals surface area contributed by atoms with Gasteiger partial charge in [-0.05, 0) is 42.8 Å². The quantitative estimate of drug-likeness (QED) is 0.722. The summed E-state index contributed by atoms with van der Waals surface area (Å²) in [6.07, 6.45) is 0.818. The van der Waals surface area contributed by atoms with Crippen molar-refractivity contribution < 1.29 is 13.9 Å². The van der Waals surface area contributed by atoms with Gasteiger partial charge in [-0.1, -0.05) is 18.2 Å². The fourth-order valence-corrected chi connectivity index (χ4v) is 3.16. The van der Waals surface area contributed by atoms with Crippen molar-refractivity contribution in [2.24, 2.45) is 0 Å². The number of hydrogen-bond donors (Lipinski definition) is 0. The molecule has 26 heavy (non-hydrogen) atoms. The summed E-state index contributed by atoms with van der Waals surface area (Å²) in [6.45, 7) is 1.26. The molecule has 2 aromatic carbocycles. The van der Waals surface area contributed by atoms with Gasteiger partial charge < -0.3 is 14.1 Å². The average molecular weight is 349 g/mol. The second kappa shape index (κ2) is 7.00. The number of nitrogens with zero attached hydrogens (tertiary/aromatic N) is 3. The van der Waals surface area contributed by atoms with E-state index in [2.05, 4.69) is 10.2 Å². The van der Waals surface area contributed by atoms with Crippen molar-refractivity contribution >= 4 is 5.91 Å². The van der Waals surface area contributed by atoms with E-state index in [-0.39, 0.29) is 11.8 Å². The summed E-state index contributed by atoms with van der Waals surface area (Å²) in [4.78, 5) is 14.5. The van der Waals surface area contributed by atoms with Crippen LogP contribution in [-0.2, 0) is 0 Å². The Labute approximate surface area is 151 Å². The highest BCUT2D eigenvalue weighted by molar-refractivity contribution is 5.94. The number of hydrogen-bond acceptors (Lipinski definition) is 5. The highest BCUT2D eigenvalue weighted by atomic mass is 16.5. The third kappa shape index (κ3) is 3.18. The molecule has 6 heteroatoms. The zero-order valence-corrected chi connectivity index (χ0v) is 14.5. The molecule has 6 nitrogen and oxygen atoms in total. The number of aromatic nitrogens is 2. The molecule has 1 aromatic heterocycles. The first-order chi connectivity index (χ1) is 12.7. The van der Waals surface area contributed by atoms with E-state index in [9.17, 15) is 4.79 Å². The third-order valence-corrected chi connectivity index (χ3v) is 4.62. The van der Waals surface area contributed by atoms with Crippen LogP contribution >= 0.6 is 0 Å². The van der Waals surface area contributed by atoms with Gasteiger partial charge in [0.15, 0.2) is 0 Å². The van der Waals surface area contributed by atoms with Crippen LogP contribution in [-0.4, -0.2) is 41.2 Å². The molecule has 1 aliphatic rings. The van der Waals surface area contributed by atoms with Crippen LogP contribution in [0.15, 0.2) is 59.0 Å². The molecule has 0 radical (unpaired) electrons. The maximum atomic E-state index is 12.7. The van der Waals surface area contributed by atoms with E-state index in [0.717, 1.165) is 17.7 Å². The van der Waals surface area contributed by atoms with Gasteiger partial charge in [0, 0.05) is 24.2 Å². The van der Waals surface area contributed by atoms with E-state index in [0.29, 0.717) is 30.4 Å². The van der Waals surface area contributed by atoms with Gasteiger partial charge in [0.1, 0.15) is 5.75 Å². The van der Waals surface area contributed by atoms with Gasteiger partial charge >= 0.3 is 0 Å². The first-order valence-corrected chi connectivity index (χ1v) is 8.57. The Kier molecular flexibility index (Phi) is 4.39. The van der Waals surface area contributed by atoms with E-state index in [1.807, 2.05) is 35.2 Å². The third-order valence-electron chi connectivity index (χ3n) is 4.62. The predicted molar refractivity (Wildman–Crippen MR) is 96.0 cm³/mol. The second-order valence-corrected chi connectivity index (χ2v) is 6.28. The normalized spacial score (nSPS) is 16.7. The average Bonchev–Trinajstić information content (AvgIpc) is 3.38. The van der Waals surface area contributed by atoms with Crippen LogP contribution in [0.25, 0.3) is 11.5 Å². The molecule has 3 aromatic rings. The number of carbonyl (C=O) groups is 1. The molecule has 1 saturated heterocycles. The maximum Gasteiger partial charge on any atom is 0.253 e. The number of likely N-dealkylation sites (tertiary alicyclic amines) is 1. The number of rotatable bonds is 4. The van der Waals surface area contributed by atoms with Crippen molar-refractivity contribution in [2.75, 3.05) is 20.2 Å². The van der Waals surface area contributed by atoms with Crippen molar-refractivity contribution in [3.05, 3.63) is 66.1 Å². The summed E-state index contributed by atoms with van der Waals surface area (Å²) in [5.41, 5.74) is 1.55. The molecular formula is C20H19N3O3. The van der Waals surface area contributed by atoms with Crippen molar-refractivity contribution in [1.29, 1.82) is 0 Å². The summed E-state index contributed by atoms with van der Waals surface area (Å²) >= 11 is 0. The second-order valence-electron chi connectivity index (χ2n) is 6.28. The maximum absolute atomic E-state index is 12.7. The minimum Gasteiger partial charge on any atom is -0.497 e. The van der Waals surface area contributed by atoms with Gasteiger partial charge in [-0.3, -0.25) is 4.79 Å². The summed E-state index contributed by atoms with van der Waals surface area (Å²) in [5, 5.41) is 8.34. The minimum absolute atomic E-state index is 0.0120. The van der Waals surface area contributed by atoms with Crippen LogP contribution in [0.1, 0.15) is 28.6 Å². The van der Waals surface area contributed by atoms with Crippen LogP contribution in [0.5, 0.6) is 5.75 Å². The Hall–Kier alpha value is -3.15. The molecule has 0 N–H and O–H groups in total. The summed E-state index contributed by atoms with van der Waals surface area (Å²) in [5.74, 6) is 1.93. The number of benzene rings is 2. The fraction of sp³-hybridized carbons (Fsp3) is 0.250. The standard InChI is InChI=1S/C20H19N3O3/c1-25-17-9-7-15(8-10-17)20(24)23-12-11-16(13-23)19-22-21-18(26-19)14-5-3-2-4-6-14/h2-10,16H,11-13H2,1H3. The Balaban J connectivity index is 1.45. The molecule has 0 aliphatic carbocycles. The minimum atomic E-state index is 0.0120. The SMILES string of the molecule is COc1ccc(C(=O)N2CCC(c3nnc(-c4ccccc4)o3)C2)cc1. The monoisotopic (exact) mass is 349 g/mol. The van der Waals surface area contributed by atoms with E-state index in [1.165, 1.54) is 0 Å². The van der Waals surface area contributed by atoms with Gasteiger partial charge in [0.25, 0.3) is 5.91 Å². The van der Waals surface area contributed by atoms with Gasteiger partial charge in [-0.25, -0.2) is 0 Å². The zero-order valence-electron chi connectivity index (χ0n) is 14.5. The van der Waals surface area contributed by atoms with E-state index in [1.54, 1.807) is 31.4 Å². The number of amides is 1. The molecule has 2 heterocycles. The van der Waals surface area contributed by atoms with Crippen LogP contribution in [0.2, 0.25) is 0 Å². The molecule has 1 aliphatic heterocycles. The van der Waals surface area contributed by atoms with Gasteiger partial charge in [0.2, 0.25) is 11.8 Å².